The molecule has 0 radical (unpaired) electrons. The summed E-state index contributed by atoms with van der Waals surface area (Å²) >= 11 is 1.74. The van der Waals surface area contributed by atoms with Crippen molar-refractivity contribution in [3.8, 4) is 0 Å². The van der Waals surface area contributed by atoms with E-state index in [2.05, 4.69) is 6.92 Å². The molecule has 2 N–H and O–H groups in total. The zero-order valence-electron chi connectivity index (χ0n) is 10.8. The molecule has 1 heterocycles. The summed E-state index contributed by atoms with van der Waals surface area (Å²) in [7, 11) is 0. The third-order valence-electron chi connectivity index (χ3n) is 3.21. The van der Waals surface area contributed by atoms with Crippen molar-refractivity contribution in [3.05, 3.63) is 23.8 Å². The average molecular weight is 264 g/mol. The van der Waals surface area contributed by atoms with Crippen molar-refractivity contribution in [1.29, 1.82) is 0 Å². The highest BCUT2D eigenvalue weighted by atomic mass is 32.2. The van der Waals surface area contributed by atoms with Gasteiger partial charge < -0.3 is 10.6 Å². The second-order valence-corrected chi connectivity index (χ2v) is 5.87. The molecule has 1 aromatic rings. The topological polar surface area (TPSA) is 46.3 Å². The minimum absolute atomic E-state index is 0.0836. The first-order valence-corrected chi connectivity index (χ1v) is 7.52. The molecule has 0 saturated carbocycles. The molecule has 4 heteroatoms. The molecule has 0 spiro atoms. The number of thioether (sulfide) groups is 1. The van der Waals surface area contributed by atoms with Gasteiger partial charge in [0.25, 0.3) is 5.91 Å². The Morgan fingerprint density at radius 3 is 2.67 bits per heavy atom. The summed E-state index contributed by atoms with van der Waals surface area (Å²) in [6.07, 6.45) is 3.44. The zero-order valence-corrected chi connectivity index (χ0v) is 11.6. The van der Waals surface area contributed by atoms with Crippen molar-refractivity contribution < 1.29 is 4.79 Å². The second kappa shape index (κ2) is 6.14. The maximum absolute atomic E-state index is 12.3. The van der Waals surface area contributed by atoms with E-state index in [-0.39, 0.29) is 5.91 Å². The molecular weight excluding hydrogens is 244 g/mol. The smallest absolute Gasteiger partial charge is 0.255 e. The van der Waals surface area contributed by atoms with Gasteiger partial charge in [0.15, 0.2) is 0 Å². The van der Waals surface area contributed by atoms with Crippen LogP contribution in [-0.2, 0) is 0 Å². The van der Waals surface area contributed by atoms with Gasteiger partial charge in [-0.25, -0.2) is 0 Å². The highest BCUT2D eigenvalue weighted by Gasteiger charge is 2.19. The third kappa shape index (κ3) is 2.99. The number of rotatable bonds is 3. The normalized spacial score (nSPS) is 15.7. The number of anilines is 1. The minimum Gasteiger partial charge on any atom is -0.398 e. The lowest BCUT2D eigenvalue weighted by atomic mass is 10.1. The molecule has 1 amide bonds. The quantitative estimate of drug-likeness (QED) is 0.674. The van der Waals surface area contributed by atoms with Crippen LogP contribution in [0.1, 0.15) is 36.5 Å². The van der Waals surface area contributed by atoms with Crippen LogP contribution in [-0.4, -0.2) is 29.6 Å². The Hall–Kier alpha value is -1.16. The van der Waals surface area contributed by atoms with Crippen LogP contribution in [0.3, 0.4) is 0 Å². The van der Waals surface area contributed by atoms with E-state index in [1.807, 2.05) is 23.1 Å². The van der Waals surface area contributed by atoms with Gasteiger partial charge in [0.2, 0.25) is 0 Å². The van der Waals surface area contributed by atoms with Gasteiger partial charge in [0, 0.05) is 23.7 Å². The summed E-state index contributed by atoms with van der Waals surface area (Å²) in [5.41, 5.74) is 7.25. The largest absolute Gasteiger partial charge is 0.398 e. The Kier molecular flexibility index (Phi) is 4.53. The summed E-state index contributed by atoms with van der Waals surface area (Å²) in [4.78, 5) is 15.4. The molecule has 2 rings (SSSR count). The highest BCUT2D eigenvalue weighted by Crippen LogP contribution is 2.24. The lowest BCUT2D eigenvalue weighted by Crippen LogP contribution is -2.35. The second-order valence-electron chi connectivity index (χ2n) is 4.53. The van der Waals surface area contributed by atoms with Gasteiger partial charge in [0.05, 0.1) is 5.56 Å². The summed E-state index contributed by atoms with van der Waals surface area (Å²) < 4.78 is 0. The molecule has 0 bridgehead atoms. The molecule has 1 saturated heterocycles. The van der Waals surface area contributed by atoms with Crippen LogP contribution in [0.15, 0.2) is 23.1 Å². The molecule has 1 aliphatic rings. The molecule has 98 valence electrons. The highest BCUT2D eigenvalue weighted by molar-refractivity contribution is 7.99. The Morgan fingerprint density at radius 1 is 1.33 bits per heavy atom. The van der Waals surface area contributed by atoms with Crippen molar-refractivity contribution in [3.63, 3.8) is 0 Å². The fraction of sp³-hybridized carbons (Fsp3) is 0.500. The number of piperidine rings is 1. The van der Waals surface area contributed by atoms with Crippen LogP contribution in [0.4, 0.5) is 5.69 Å². The monoisotopic (exact) mass is 264 g/mol. The minimum atomic E-state index is 0.0836. The number of benzene rings is 1. The Morgan fingerprint density at radius 2 is 2.06 bits per heavy atom. The number of carbonyl (C=O) groups excluding carboxylic acids is 1. The van der Waals surface area contributed by atoms with E-state index in [0.29, 0.717) is 11.3 Å². The van der Waals surface area contributed by atoms with Gasteiger partial charge in [-0.15, -0.1) is 11.8 Å². The van der Waals surface area contributed by atoms with Crippen LogP contribution in [0.2, 0.25) is 0 Å². The maximum atomic E-state index is 12.3. The van der Waals surface area contributed by atoms with Gasteiger partial charge in [-0.1, -0.05) is 6.92 Å². The molecule has 0 aliphatic carbocycles. The molecule has 1 aromatic carbocycles. The number of nitrogen functional groups attached to an aromatic ring is 1. The van der Waals surface area contributed by atoms with Crippen molar-refractivity contribution in [1.82, 2.24) is 4.90 Å². The summed E-state index contributed by atoms with van der Waals surface area (Å²) in [5, 5.41) is 0. The van der Waals surface area contributed by atoms with Crippen LogP contribution in [0.25, 0.3) is 0 Å². The molecule has 1 fully saturated rings. The lowest BCUT2D eigenvalue weighted by Gasteiger charge is -2.27. The van der Waals surface area contributed by atoms with E-state index >= 15 is 0 Å². The third-order valence-corrected chi connectivity index (χ3v) is 4.08. The van der Waals surface area contributed by atoms with Gasteiger partial charge in [0.1, 0.15) is 0 Å². The van der Waals surface area contributed by atoms with Crippen LogP contribution < -0.4 is 5.73 Å². The van der Waals surface area contributed by atoms with E-state index in [1.54, 1.807) is 11.8 Å². The Bertz CT molecular complexity index is 428. The van der Waals surface area contributed by atoms with E-state index in [9.17, 15) is 4.79 Å². The summed E-state index contributed by atoms with van der Waals surface area (Å²) in [5.74, 6) is 1.10. The predicted octanol–water partition coefficient (Wildman–Crippen LogP) is 3.01. The molecule has 0 aromatic heterocycles. The number of carbonyl (C=O) groups is 1. The fourth-order valence-corrected chi connectivity index (χ4v) is 2.97. The Balaban J connectivity index is 2.14. The number of hydrogen-bond donors (Lipinski definition) is 1. The number of nitrogens with zero attached hydrogens (tertiary/aromatic N) is 1. The van der Waals surface area contributed by atoms with Gasteiger partial charge in [-0.3, -0.25) is 4.79 Å². The first kappa shape index (κ1) is 13.3. The molecule has 1 aliphatic heterocycles. The predicted molar refractivity (Wildman–Crippen MR) is 77.0 cm³/mol. The first-order chi connectivity index (χ1) is 8.72. The Labute approximate surface area is 113 Å². The van der Waals surface area contributed by atoms with Crippen molar-refractivity contribution in [2.45, 2.75) is 31.1 Å². The van der Waals surface area contributed by atoms with Gasteiger partial charge >= 0.3 is 0 Å². The van der Waals surface area contributed by atoms with Crippen LogP contribution in [0.5, 0.6) is 0 Å². The van der Waals surface area contributed by atoms with Gasteiger partial charge in [-0.05, 0) is 43.2 Å². The summed E-state index contributed by atoms with van der Waals surface area (Å²) in [6, 6.07) is 5.76. The van der Waals surface area contributed by atoms with E-state index in [0.717, 1.165) is 36.6 Å². The molecule has 18 heavy (non-hydrogen) atoms. The first-order valence-electron chi connectivity index (χ1n) is 6.54. The van der Waals surface area contributed by atoms with E-state index in [1.165, 1.54) is 6.42 Å². The maximum Gasteiger partial charge on any atom is 0.255 e. The van der Waals surface area contributed by atoms with Crippen molar-refractivity contribution in [2.75, 3.05) is 24.6 Å². The molecule has 3 nitrogen and oxygen atoms in total. The lowest BCUT2D eigenvalue weighted by molar-refractivity contribution is 0.0725. The molecule has 0 unspecified atom stereocenters. The standard InChI is InChI=1S/C14H20N2OS/c1-2-18-11-6-7-12(13(15)10-11)14(17)16-8-4-3-5-9-16/h6-7,10H,2-5,8-9,15H2,1H3. The molecular formula is C14H20N2OS. The number of amides is 1. The van der Waals surface area contributed by atoms with Crippen molar-refractivity contribution in [2.24, 2.45) is 0 Å². The van der Waals surface area contributed by atoms with Crippen LogP contribution >= 0.6 is 11.8 Å². The van der Waals surface area contributed by atoms with Crippen molar-refractivity contribution >= 4 is 23.4 Å². The van der Waals surface area contributed by atoms with E-state index < -0.39 is 0 Å². The van der Waals surface area contributed by atoms with E-state index in [4.69, 9.17) is 5.73 Å². The van der Waals surface area contributed by atoms with Gasteiger partial charge in [-0.2, -0.15) is 0 Å². The number of hydrogen-bond acceptors (Lipinski definition) is 3. The summed E-state index contributed by atoms with van der Waals surface area (Å²) in [6.45, 7) is 3.83. The zero-order chi connectivity index (χ0) is 13.0. The van der Waals surface area contributed by atoms with Crippen LogP contribution in [0, 0.1) is 0 Å². The molecule has 0 atom stereocenters. The average Bonchev–Trinajstić information content (AvgIpc) is 2.40. The SMILES string of the molecule is CCSc1ccc(C(=O)N2CCCCC2)c(N)c1. The number of likely N-dealkylation sites (tertiary alicyclic amines) is 1. The number of nitrogens with two attached hydrogens (primary N) is 1. The fourth-order valence-electron chi connectivity index (χ4n) is 2.26.